The number of rotatable bonds is 3. The molecule has 1 fully saturated rings. The Kier molecular flexibility index (Phi) is 3.66. The van der Waals surface area contributed by atoms with E-state index >= 15 is 0 Å². The summed E-state index contributed by atoms with van der Waals surface area (Å²) in [5, 5.41) is 1.04. The van der Waals surface area contributed by atoms with Gasteiger partial charge in [0.2, 0.25) is 0 Å². The van der Waals surface area contributed by atoms with Gasteiger partial charge in [-0.3, -0.25) is 4.79 Å². The zero-order valence-electron chi connectivity index (χ0n) is 12.8. The van der Waals surface area contributed by atoms with E-state index < -0.39 is 0 Å². The number of aromatic amines is 1. The van der Waals surface area contributed by atoms with Crippen molar-refractivity contribution in [2.24, 2.45) is 11.8 Å². The van der Waals surface area contributed by atoms with Gasteiger partial charge < -0.3 is 9.88 Å². The Morgan fingerprint density at radius 1 is 1.38 bits per heavy atom. The van der Waals surface area contributed by atoms with Crippen LogP contribution < -0.4 is 4.90 Å². The molecule has 5 nitrogen and oxygen atoms in total. The fourth-order valence-electron chi connectivity index (χ4n) is 3.50. The second-order valence-corrected chi connectivity index (χ2v) is 6.21. The summed E-state index contributed by atoms with van der Waals surface area (Å²) in [6.45, 7) is 3.99. The molecule has 0 bridgehead atoms. The van der Waals surface area contributed by atoms with Crippen molar-refractivity contribution < 1.29 is 4.79 Å². The lowest BCUT2D eigenvalue weighted by atomic mass is 9.77. The van der Waals surface area contributed by atoms with Gasteiger partial charge >= 0.3 is 0 Å². The lowest BCUT2D eigenvalue weighted by molar-refractivity contribution is -0.122. The molecule has 2 heterocycles. The third kappa shape index (κ3) is 2.52. The molecule has 112 valence electrons. The maximum atomic E-state index is 11.7. The van der Waals surface area contributed by atoms with Gasteiger partial charge in [-0.2, -0.15) is 0 Å². The first-order chi connectivity index (χ1) is 10.1. The predicted molar refractivity (Wildman–Crippen MR) is 83.3 cm³/mol. The van der Waals surface area contributed by atoms with Gasteiger partial charge in [-0.25, -0.2) is 9.97 Å². The van der Waals surface area contributed by atoms with Crippen LogP contribution in [0.1, 0.15) is 33.1 Å². The number of anilines is 1. The van der Waals surface area contributed by atoms with E-state index in [1.165, 1.54) is 0 Å². The van der Waals surface area contributed by atoms with E-state index in [1.807, 2.05) is 12.3 Å². The number of nitrogens with zero attached hydrogens (tertiary/aromatic N) is 3. The molecule has 5 heteroatoms. The summed E-state index contributed by atoms with van der Waals surface area (Å²) in [5.41, 5.74) is 0.860. The second-order valence-electron chi connectivity index (χ2n) is 6.21. The summed E-state index contributed by atoms with van der Waals surface area (Å²) in [4.78, 5) is 25.8. The molecule has 0 amide bonds. The lowest BCUT2D eigenvalue weighted by Crippen LogP contribution is -2.43. The number of Topliss-reactive ketones (excluding diaryl/α,β-unsaturated/α-hetero) is 1. The van der Waals surface area contributed by atoms with E-state index in [0.717, 1.165) is 36.1 Å². The standard InChI is InChI=1S/C16H22N4O/c1-10-4-5-12(11(2)21)8-14(10)20(3)16-13-6-7-17-15(13)18-9-19-16/h6-7,9-10,12,14H,4-5,8H2,1-3H3,(H,17,18,19). The molecular weight excluding hydrogens is 264 g/mol. The zero-order chi connectivity index (χ0) is 15.0. The van der Waals surface area contributed by atoms with Gasteiger partial charge in [0.1, 0.15) is 23.6 Å². The average Bonchev–Trinajstić information content (AvgIpc) is 2.95. The van der Waals surface area contributed by atoms with Crippen molar-refractivity contribution in [3.05, 3.63) is 18.6 Å². The van der Waals surface area contributed by atoms with E-state index in [0.29, 0.717) is 17.7 Å². The zero-order valence-corrected chi connectivity index (χ0v) is 12.8. The van der Waals surface area contributed by atoms with Crippen LogP contribution in [0.25, 0.3) is 11.0 Å². The first-order valence-corrected chi connectivity index (χ1v) is 7.59. The molecule has 3 unspecified atom stereocenters. The van der Waals surface area contributed by atoms with Crippen LogP contribution >= 0.6 is 0 Å². The summed E-state index contributed by atoms with van der Waals surface area (Å²) < 4.78 is 0. The van der Waals surface area contributed by atoms with Crippen molar-refractivity contribution in [2.45, 2.75) is 39.2 Å². The molecule has 1 saturated carbocycles. The van der Waals surface area contributed by atoms with Gasteiger partial charge in [0.05, 0.1) is 5.39 Å². The maximum Gasteiger partial charge on any atom is 0.142 e. The SMILES string of the molecule is CC(=O)C1CCC(C)C(N(C)c2ncnc3[nH]ccc23)C1. The predicted octanol–water partition coefficient (Wildman–Crippen LogP) is 2.79. The Balaban J connectivity index is 1.91. The lowest BCUT2D eigenvalue weighted by Gasteiger charge is -2.39. The quantitative estimate of drug-likeness (QED) is 0.942. The Hall–Kier alpha value is -1.91. The van der Waals surface area contributed by atoms with Crippen LogP contribution in [0.15, 0.2) is 18.6 Å². The molecule has 3 atom stereocenters. The van der Waals surface area contributed by atoms with Crippen LogP contribution in [0, 0.1) is 11.8 Å². The number of hydrogen-bond donors (Lipinski definition) is 1. The monoisotopic (exact) mass is 286 g/mol. The highest BCUT2D eigenvalue weighted by Crippen LogP contribution is 2.35. The van der Waals surface area contributed by atoms with Gasteiger partial charge in [0.15, 0.2) is 0 Å². The second kappa shape index (κ2) is 5.47. The van der Waals surface area contributed by atoms with Gasteiger partial charge in [-0.1, -0.05) is 6.92 Å². The molecule has 0 aliphatic heterocycles. The van der Waals surface area contributed by atoms with E-state index in [1.54, 1.807) is 13.3 Å². The third-order valence-electron chi connectivity index (χ3n) is 4.89. The fraction of sp³-hybridized carbons (Fsp3) is 0.562. The molecule has 0 aromatic carbocycles. The van der Waals surface area contributed by atoms with Crippen molar-refractivity contribution in [3.63, 3.8) is 0 Å². The van der Waals surface area contributed by atoms with Crippen LogP contribution in [0.4, 0.5) is 5.82 Å². The highest BCUT2D eigenvalue weighted by molar-refractivity contribution is 5.87. The number of fused-ring (bicyclic) bond motifs is 1. The normalized spacial score (nSPS) is 26.0. The molecule has 21 heavy (non-hydrogen) atoms. The molecule has 3 rings (SSSR count). The Bertz CT molecular complexity index is 651. The van der Waals surface area contributed by atoms with E-state index in [-0.39, 0.29) is 5.92 Å². The minimum Gasteiger partial charge on any atom is -0.356 e. The smallest absolute Gasteiger partial charge is 0.142 e. The van der Waals surface area contributed by atoms with Crippen LogP contribution in [-0.2, 0) is 4.79 Å². The summed E-state index contributed by atoms with van der Waals surface area (Å²) in [6, 6.07) is 2.36. The van der Waals surface area contributed by atoms with Crippen LogP contribution in [-0.4, -0.2) is 33.8 Å². The van der Waals surface area contributed by atoms with E-state index in [9.17, 15) is 4.79 Å². The molecule has 2 aromatic rings. The van der Waals surface area contributed by atoms with Gasteiger partial charge in [0, 0.05) is 25.2 Å². The molecule has 2 aromatic heterocycles. The topological polar surface area (TPSA) is 61.9 Å². The first kappa shape index (κ1) is 14.0. The Labute approximate surface area is 124 Å². The molecular formula is C16H22N4O. The Morgan fingerprint density at radius 2 is 2.19 bits per heavy atom. The summed E-state index contributed by atoms with van der Waals surface area (Å²) in [6.07, 6.45) is 6.52. The average molecular weight is 286 g/mol. The van der Waals surface area contributed by atoms with Gasteiger partial charge in [-0.15, -0.1) is 0 Å². The first-order valence-electron chi connectivity index (χ1n) is 7.59. The number of hydrogen-bond acceptors (Lipinski definition) is 4. The number of nitrogens with one attached hydrogen (secondary N) is 1. The molecule has 1 aliphatic rings. The van der Waals surface area contributed by atoms with E-state index in [2.05, 4.69) is 33.8 Å². The van der Waals surface area contributed by atoms with Crippen LogP contribution in [0.3, 0.4) is 0 Å². The maximum absolute atomic E-state index is 11.7. The van der Waals surface area contributed by atoms with Crippen molar-refractivity contribution in [2.75, 3.05) is 11.9 Å². The minimum absolute atomic E-state index is 0.192. The van der Waals surface area contributed by atoms with Crippen LogP contribution in [0.2, 0.25) is 0 Å². The number of carbonyl (C=O) groups excluding carboxylic acids is 1. The largest absolute Gasteiger partial charge is 0.356 e. The molecule has 1 N–H and O–H groups in total. The van der Waals surface area contributed by atoms with Crippen molar-refractivity contribution >= 4 is 22.6 Å². The summed E-state index contributed by atoms with van der Waals surface area (Å²) >= 11 is 0. The van der Waals surface area contributed by atoms with Gasteiger partial charge in [-0.05, 0) is 38.2 Å². The number of ketones is 1. The Morgan fingerprint density at radius 3 is 2.95 bits per heavy atom. The van der Waals surface area contributed by atoms with E-state index in [4.69, 9.17) is 0 Å². The number of aromatic nitrogens is 3. The van der Waals surface area contributed by atoms with Crippen molar-refractivity contribution in [1.29, 1.82) is 0 Å². The molecule has 0 spiro atoms. The minimum atomic E-state index is 0.192. The third-order valence-corrected chi connectivity index (χ3v) is 4.89. The summed E-state index contributed by atoms with van der Waals surface area (Å²) in [5.74, 6) is 2.02. The molecule has 1 aliphatic carbocycles. The molecule has 0 radical (unpaired) electrons. The highest BCUT2D eigenvalue weighted by Gasteiger charge is 2.33. The fourth-order valence-corrected chi connectivity index (χ4v) is 3.50. The highest BCUT2D eigenvalue weighted by atomic mass is 16.1. The van der Waals surface area contributed by atoms with Crippen molar-refractivity contribution in [3.8, 4) is 0 Å². The number of carbonyl (C=O) groups is 1. The summed E-state index contributed by atoms with van der Waals surface area (Å²) in [7, 11) is 2.08. The van der Waals surface area contributed by atoms with Crippen LogP contribution in [0.5, 0.6) is 0 Å². The van der Waals surface area contributed by atoms with Crippen molar-refractivity contribution in [1.82, 2.24) is 15.0 Å². The molecule has 0 saturated heterocycles. The van der Waals surface area contributed by atoms with Gasteiger partial charge in [0.25, 0.3) is 0 Å². The number of H-pyrrole nitrogens is 1.